The summed E-state index contributed by atoms with van der Waals surface area (Å²) in [6.07, 6.45) is 0. The summed E-state index contributed by atoms with van der Waals surface area (Å²) in [6.45, 7) is 0. The molecule has 104 valence electrons. The number of hydrogen-bond donors (Lipinski definition) is 1. The molecule has 0 spiro atoms. The Morgan fingerprint density at radius 3 is 2.81 bits per heavy atom. The van der Waals surface area contributed by atoms with E-state index in [0.717, 1.165) is 27.0 Å². The zero-order chi connectivity index (χ0) is 14.4. The lowest BCUT2D eigenvalue weighted by molar-refractivity contribution is 0.439. The Hall–Kier alpha value is -2.60. The molecular formula is C15H12N4OS. The number of nitrogens with zero attached hydrogens (tertiary/aromatic N) is 3. The van der Waals surface area contributed by atoms with E-state index in [9.17, 15) is 0 Å². The highest BCUT2D eigenvalue weighted by Gasteiger charge is 2.22. The molecule has 0 aliphatic carbocycles. The average molecular weight is 296 g/mol. The Bertz CT molecular complexity index is 921. The lowest BCUT2D eigenvalue weighted by atomic mass is 10.1. The van der Waals surface area contributed by atoms with Crippen molar-refractivity contribution in [1.29, 1.82) is 0 Å². The molecule has 2 N–H and O–H groups in total. The SMILES string of the molecule is Cn1nc(-c2noc(N)c2-c2cccs2)c2ccccc21. The van der Waals surface area contributed by atoms with Gasteiger partial charge in [0.2, 0.25) is 5.88 Å². The van der Waals surface area contributed by atoms with E-state index in [-0.39, 0.29) is 0 Å². The van der Waals surface area contributed by atoms with Crippen molar-refractivity contribution in [2.45, 2.75) is 0 Å². The largest absolute Gasteiger partial charge is 0.367 e. The third kappa shape index (κ3) is 1.76. The van der Waals surface area contributed by atoms with Crippen LogP contribution in [-0.4, -0.2) is 14.9 Å². The van der Waals surface area contributed by atoms with Gasteiger partial charge in [0, 0.05) is 17.3 Å². The Kier molecular flexibility index (Phi) is 2.58. The smallest absolute Gasteiger partial charge is 0.231 e. The predicted molar refractivity (Wildman–Crippen MR) is 83.9 cm³/mol. The second-order valence-electron chi connectivity index (χ2n) is 4.74. The number of benzene rings is 1. The van der Waals surface area contributed by atoms with Crippen LogP contribution < -0.4 is 5.73 Å². The lowest BCUT2D eigenvalue weighted by Gasteiger charge is -1.97. The number of rotatable bonds is 2. The summed E-state index contributed by atoms with van der Waals surface area (Å²) < 4.78 is 7.06. The van der Waals surface area contributed by atoms with Gasteiger partial charge in [-0.15, -0.1) is 11.3 Å². The Labute approximate surface area is 124 Å². The Morgan fingerprint density at radius 2 is 2.00 bits per heavy atom. The first-order chi connectivity index (χ1) is 10.3. The monoisotopic (exact) mass is 296 g/mol. The van der Waals surface area contributed by atoms with E-state index in [4.69, 9.17) is 10.3 Å². The van der Waals surface area contributed by atoms with Gasteiger partial charge in [0.1, 0.15) is 11.4 Å². The van der Waals surface area contributed by atoms with Crippen LogP contribution in [0, 0.1) is 0 Å². The van der Waals surface area contributed by atoms with Crippen LogP contribution in [0.4, 0.5) is 5.88 Å². The number of thiophene rings is 1. The van der Waals surface area contributed by atoms with Gasteiger partial charge in [-0.2, -0.15) is 5.10 Å². The van der Waals surface area contributed by atoms with Crippen molar-refractivity contribution >= 4 is 28.1 Å². The topological polar surface area (TPSA) is 69.9 Å². The summed E-state index contributed by atoms with van der Waals surface area (Å²) in [5.41, 5.74) is 9.30. The molecule has 21 heavy (non-hydrogen) atoms. The summed E-state index contributed by atoms with van der Waals surface area (Å²) in [4.78, 5) is 1.03. The molecule has 0 saturated carbocycles. The second kappa shape index (κ2) is 4.46. The maximum absolute atomic E-state index is 5.96. The van der Waals surface area contributed by atoms with Crippen LogP contribution in [0.2, 0.25) is 0 Å². The fourth-order valence-corrected chi connectivity index (χ4v) is 3.29. The van der Waals surface area contributed by atoms with E-state index in [0.29, 0.717) is 11.6 Å². The van der Waals surface area contributed by atoms with Crippen LogP contribution in [0.25, 0.3) is 32.7 Å². The van der Waals surface area contributed by atoms with Crippen molar-refractivity contribution < 1.29 is 4.52 Å². The maximum Gasteiger partial charge on any atom is 0.231 e. The van der Waals surface area contributed by atoms with E-state index in [1.54, 1.807) is 11.3 Å². The summed E-state index contributed by atoms with van der Waals surface area (Å²) in [7, 11) is 1.92. The average Bonchev–Trinajstić information content (AvgIpc) is 3.19. The minimum absolute atomic E-state index is 0.321. The fourth-order valence-electron chi connectivity index (χ4n) is 2.51. The molecule has 0 fully saturated rings. The van der Waals surface area contributed by atoms with Gasteiger partial charge in [-0.05, 0) is 17.5 Å². The first kappa shape index (κ1) is 12.2. The number of fused-ring (bicyclic) bond motifs is 1. The first-order valence-electron chi connectivity index (χ1n) is 6.47. The van der Waals surface area contributed by atoms with Crippen molar-refractivity contribution in [3.63, 3.8) is 0 Å². The van der Waals surface area contributed by atoms with Gasteiger partial charge in [0.05, 0.1) is 11.1 Å². The number of hydrogen-bond acceptors (Lipinski definition) is 5. The third-order valence-corrected chi connectivity index (χ3v) is 4.36. The highest BCUT2D eigenvalue weighted by molar-refractivity contribution is 7.13. The normalized spacial score (nSPS) is 11.3. The molecule has 0 radical (unpaired) electrons. The van der Waals surface area contributed by atoms with E-state index in [1.807, 2.05) is 53.5 Å². The Balaban J connectivity index is 2.03. The molecule has 1 aromatic carbocycles. The van der Waals surface area contributed by atoms with Gasteiger partial charge >= 0.3 is 0 Å². The van der Waals surface area contributed by atoms with Gasteiger partial charge in [-0.25, -0.2) is 0 Å². The number of anilines is 1. The molecule has 0 bridgehead atoms. The van der Waals surface area contributed by atoms with Crippen molar-refractivity contribution in [2.24, 2.45) is 7.05 Å². The minimum atomic E-state index is 0.321. The van der Waals surface area contributed by atoms with Crippen LogP contribution >= 0.6 is 11.3 Å². The van der Waals surface area contributed by atoms with Crippen molar-refractivity contribution in [3.05, 3.63) is 41.8 Å². The van der Waals surface area contributed by atoms with E-state index >= 15 is 0 Å². The Morgan fingerprint density at radius 1 is 1.14 bits per heavy atom. The minimum Gasteiger partial charge on any atom is -0.367 e. The zero-order valence-corrected chi connectivity index (χ0v) is 12.1. The molecule has 0 amide bonds. The second-order valence-corrected chi connectivity index (χ2v) is 5.68. The number of para-hydroxylation sites is 1. The van der Waals surface area contributed by atoms with Crippen LogP contribution in [0.3, 0.4) is 0 Å². The van der Waals surface area contributed by atoms with E-state index < -0.39 is 0 Å². The fraction of sp³-hybridized carbons (Fsp3) is 0.0667. The van der Waals surface area contributed by atoms with Crippen LogP contribution in [0.15, 0.2) is 46.3 Å². The zero-order valence-electron chi connectivity index (χ0n) is 11.3. The molecule has 4 aromatic rings. The summed E-state index contributed by atoms with van der Waals surface area (Å²) in [5, 5.41) is 11.8. The van der Waals surface area contributed by atoms with Gasteiger partial charge < -0.3 is 10.3 Å². The summed E-state index contributed by atoms with van der Waals surface area (Å²) >= 11 is 1.60. The molecular weight excluding hydrogens is 284 g/mol. The first-order valence-corrected chi connectivity index (χ1v) is 7.35. The highest BCUT2D eigenvalue weighted by Crippen LogP contribution is 2.40. The molecule has 0 atom stereocenters. The maximum atomic E-state index is 5.96. The van der Waals surface area contributed by atoms with Crippen molar-refractivity contribution in [3.8, 4) is 21.8 Å². The van der Waals surface area contributed by atoms with Crippen molar-refractivity contribution in [1.82, 2.24) is 14.9 Å². The van der Waals surface area contributed by atoms with Crippen LogP contribution in [-0.2, 0) is 7.05 Å². The number of nitrogen functional groups attached to an aromatic ring is 1. The molecule has 0 aliphatic heterocycles. The van der Waals surface area contributed by atoms with Gasteiger partial charge in [-0.3, -0.25) is 4.68 Å². The van der Waals surface area contributed by atoms with Gasteiger partial charge in [0.15, 0.2) is 0 Å². The molecule has 6 heteroatoms. The van der Waals surface area contributed by atoms with E-state index in [2.05, 4.69) is 10.3 Å². The lowest BCUT2D eigenvalue weighted by Crippen LogP contribution is -1.90. The number of nitrogens with two attached hydrogens (primary N) is 1. The van der Waals surface area contributed by atoms with Gasteiger partial charge in [0.25, 0.3) is 0 Å². The molecule has 0 aliphatic rings. The molecule has 3 heterocycles. The van der Waals surface area contributed by atoms with Crippen LogP contribution in [0.1, 0.15) is 0 Å². The van der Waals surface area contributed by atoms with Crippen molar-refractivity contribution in [2.75, 3.05) is 5.73 Å². The van der Waals surface area contributed by atoms with E-state index in [1.165, 1.54) is 0 Å². The number of aromatic nitrogens is 3. The number of aryl methyl sites for hydroxylation is 1. The third-order valence-electron chi connectivity index (χ3n) is 3.47. The molecule has 4 rings (SSSR count). The predicted octanol–water partition coefficient (Wildman–Crippen LogP) is 3.54. The molecule has 3 aromatic heterocycles. The summed E-state index contributed by atoms with van der Waals surface area (Å²) in [5.74, 6) is 0.321. The highest BCUT2D eigenvalue weighted by atomic mass is 32.1. The molecule has 0 saturated heterocycles. The summed E-state index contributed by atoms with van der Waals surface area (Å²) in [6, 6.07) is 12.0. The van der Waals surface area contributed by atoms with Gasteiger partial charge in [-0.1, -0.05) is 29.4 Å². The molecule has 0 unspecified atom stereocenters. The standard InChI is InChI=1S/C15H12N4OS/c1-19-10-6-3-2-5-9(10)13(17-19)14-12(15(16)20-18-14)11-7-4-8-21-11/h2-8H,16H2,1H3. The molecule has 5 nitrogen and oxygen atoms in total. The quantitative estimate of drug-likeness (QED) is 0.614. The van der Waals surface area contributed by atoms with Crippen LogP contribution in [0.5, 0.6) is 0 Å².